The molecular weight excluding hydrogens is 809 g/mol. The van der Waals surface area contributed by atoms with Crippen molar-refractivity contribution >= 4 is 32.3 Å². The normalized spacial score (nSPS) is 13.3. The number of nitrogens with one attached hydrogen (secondary N) is 1. The maximum absolute atomic E-state index is 4.89. The van der Waals surface area contributed by atoms with Gasteiger partial charge in [0, 0.05) is 76.8 Å². The first-order valence-corrected chi connectivity index (χ1v) is 21.9. The topological polar surface area (TPSA) is 102 Å². The third kappa shape index (κ3) is 7.32. The van der Waals surface area contributed by atoms with E-state index < -0.39 is 0 Å². The summed E-state index contributed by atoms with van der Waals surface area (Å²) in [5.41, 5.74) is 14.3. The molecule has 1 aliphatic heterocycles. The Bertz CT molecular complexity index is 3590. The first kappa shape index (κ1) is 38.6. The van der Waals surface area contributed by atoms with E-state index in [2.05, 4.69) is 129 Å². The molecule has 0 bridgehead atoms. The van der Waals surface area contributed by atoms with Crippen LogP contribution in [0.2, 0.25) is 0 Å². The highest BCUT2D eigenvalue weighted by Crippen LogP contribution is 2.39. The number of nitrogens with zero attached hydrogens (tertiary/aromatic N) is 7. The van der Waals surface area contributed by atoms with E-state index in [0.29, 0.717) is 0 Å². The molecule has 1 aliphatic rings. The summed E-state index contributed by atoms with van der Waals surface area (Å²) in [7, 11) is 0. The van der Waals surface area contributed by atoms with Gasteiger partial charge in [-0.1, -0.05) is 78.9 Å². The van der Waals surface area contributed by atoms with Crippen molar-refractivity contribution in [2.24, 2.45) is 0 Å². The van der Waals surface area contributed by atoms with Crippen molar-refractivity contribution in [3.05, 3.63) is 225 Å². The Labute approximate surface area is 380 Å². The minimum Gasteiger partial charge on any atom is -0.379 e. The second-order valence-corrected chi connectivity index (χ2v) is 16.3. The van der Waals surface area contributed by atoms with Gasteiger partial charge in [0.1, 0.15) is 0 Å². The van der Waals surface area contributed by atoms with Gasteiger partial charge in [-0.3, -0.25) is 34.9 Å². The molecule has 1 atom stereocenters. The van der Waals surface area contributed by atoms with Crippen LogP contribution in [0.15, 0.2) is 219 Å². The van der Waals surface area contributed by atoms with Crippen LogP contribution in [0.1, 0.15) is 11.7 Å². The number of aromatic nitrogens is 7. The van der Waals surface area contributed by atoms with Gasteiger partial charge in [0.25, 0.3) is 0 Å². The molecule has 0 amide bonds. The maximum atomic E-state index is 4.89. The Morgan fingerprint density at radius 3 is 1.15 bits per heavy atom. The average molecular weight is 847 g/mol. The number of hydrogen-bond acceptors (Lipinski definition) is 8. The fourth-order valence-electron chi connectivity index (χ4n) is 8.80. The van der Waals surface area contributed by atoms with Crippen molar-refractivity contribution in [2.75, 3.05) is 0 Å². The third-order valence-electron chi connectivity index (χ3n) is 12.3. The Morgan fingerprint density at radius 1 is 0.303 bits per heavy atom. The highest BCUT2D eigenvalue weighted by molar-refractivity contribution is 6.26. The molecule has 8 heteroatoms. The molecule has 11 aromatic rings. The van der Waals surface area contributed by atoms with E-state index >= 15 is 0 Å². The number of benzene rings is 4. The number of allylic oxidation sites excluding steroid dienone is 2. The second-order valence-electron chi connectivity index (χ2n) is 16.3. The fourth-order valence-corrected chi connectivity index (χ4v) is 8.80. The Kier molecular flexibility index (Phi) is 9.72. The van der Waals surface area contributed by atoms with Gasteiger partial charge in [-0.2, -0.15) is 0 Å². The largest absolute Gasteiger partial charge is 0.379 e. The summed E-state index contributed by atoms with van der Waals surface area (Å²) < 4.78 is 0. The van der Waals surface area contributed by atoms with Crippen LogP contribution in [0.3, 0.4) is 0 Å². The monoisotopic (exact) mass is 846 g/mol. The van der Waals surface area contributed by atoms with Crippen LogP contribution in [-0.4, -0.2) is 34.9 Å². The molecule has 1 unspecified atom stereocenters. The van der Waals surface area contributed by atoms with Crippen molar-refractivity contribution in [3.63, 3.8) is 0 Å². The number of hydrogen-bond donors (Lipinski definition) is 1. The molecule has 12 rings (SSSR count). The molecule has 0 spiro atoms. The van der Waals surface area contributed by atoms with Gasteiger partial charge in [0.15, 0.2) is 0 Å². The summed E-state index contributed by atoms with van der Waals surface area (Å²) in [6.45, 7) is 0. The number of rotatable bonds is 8. The lowest BCUT2D eigenvalue weighted by molar-refractivity contribution is 0.721. The molecule has 7 aromatic heterocycles. The highest BCUT2D eigenvalue weighted by atomic mass is 14.9. The Hall–Kier alpha value is -9.01. The van der Waals surface area contributed by atoms with Crippen LogP contribution >= 0.6 is 0 Å². The molecule has 0 aliphatic carbocycles. The third-order valence-corrected chi connectivity index (χ3v) is 12.3. The molecule has 0 radical (unpaired) electrons. The van der Waals surface area contributed by atoms with Crippen LogP contribution < -0.4 is 5.32 Å². The minimum atomic E-state index is 0.0785. The van der Waals surface area contributed by atoms with Gasteiger partial charge >= 0.3 is 0 Å². The smallest absolute Gasteiger partial charge is 0.0886 e. The van der Waals surface area contributed by atoms with Crippen LogP contribution in [0.4, 0.5) is 0 Å². The van der Waals surface area contributed by atoms with E-state index in [1.807, 2.05) is 104 Å². The molecule has 0 saturated heterocycles. The fraction of sp³-hybridized carbons (Fsp3) is 0.0172. The van der Waals surface area contributed by atoms with Crippen LogP contribution in [0.5, 0.6) is 0 Å². The maximum Gasteiger partial charge on any atom is 0.0886 e. The molecule has 0 fully saturated rings. The molecule has 8 heterocycles. The number of dihydropyridines is 1. The summed E-state index contributed by atoms with van der Waals surface area (Å²) >= 11 is 0. The highest BCUT2D eigenvalue weighted by Gasteiger charge is 2.14. The standard InChI is InChI=1S/C58H38N8/c1-2-8-46-45(7-1)49-29-37(39-13-21-51(61-31-39)41-15-23-53(63-33-41)43-17-25-57(65-35-43)55-9-3-5-27-59-55)11-19-47(49)48-20-12-38(30-50(46)48)40-14-22-52(62-32-40)42-16-24-54(64-34-42)44-18-26-58(66-36-44)56-10-4-6-28-60-56/h1-36,55,59H. The number of fused-ring (bicyclic) bond motifs is 6. The van der Waals surface area contributed by atoms with E-state index in [1.165, 1.54) is 32.3 Å². The van der Waals surface area contributed by atoms with Crippen LogP contribution in [-0.2, 0) is 0 Å². The lowest BCUT2D eigenvalue weighted by Gasteiger charge is -2.15. The zero-order chi connectivity index (χ0) is 43.8. The van der Waals surface area contributed by atoms with Gasteiger partial charge in [0.05, 0.1) is 45.9 Å². The van der Waals surface area contributed by atoms with Gasteiger partial charge in [-0.25, -0.2) is 0 Å². The Balaban J connectivity index is 0.776. The predicted molar refractivity (Wildman–Crippen MR) is 266 cm³/mol. The molecule has 66 heavy (non-hydrogen) atoms. The molecule has 310 valence electrons. The van der Waals surface area contributed by atoms with Crippen molar-refractivity contribution in [1.82, 2.24) is 40.2 Å². The Morgan fingerprint density at radius 2 is 0.727 bits per heavy atom. The predicted octanol–water partition coefficient (Wildman–Crippen LogP) is 13.3. The van der Waals surface area contributed by atoms with E-state index in [0.717, 1.165) is 84.4 Å². The van der Waals surface area contributed by atoms with Crippen molar-refractivity contribution < 1.29 is 0 Å². The van der Waals surface area contributed by atoms with Crippen molar-refractivity contribution in [2.45, 2.75) is 6.04 Å². The summed E-state index contributed by atoms with van der Waals surface area (Å²) in [6.07, 6.45) is 21.2. The lowest BCUT2D eigenvalue weighted by Crippen LogP contribution is -2.16. The van der Waals surface area contributed by atoms with E-state index in [-0.39, 0.29) is 6.04 Å². The first-order valence-electron chi connectivity index (χ1n) is 21.9. The van der Waals surface area contributed by atoms with Gasteiger partial charge in [0.2, 0.25) is 0 Å². The molecule has 4 aromatic carbocycles. The van der Waals surface area contributed by atoms with Gasteiger partial charge in [-0.05, 0) is 141 Å². The summed E-state index contributed by atoms with van der Waals surface area (Å²) in [5, 5.41) is 10.6. The zero-order valence-electron chi connectivity index (χ0n) is 35.5. The molecule has 8 nitrogen and oxygen atoms in total. The average Bonchev–Trinajstić information content (AvgIpc) is 3.41. The summed E-state index contributed by atoms with van der Waals surface area (Å²) in [4.78, 5) is 33.0. The van der Waals surface area contributed by atoms with Gasteiger partial charge < -0.3 is 5.32 Å². The first-order chi connectivity index (χ1) is 32.7. The van der Waals surface area contributed by atoms with Gasteiger partial charge in [-0.15, -0.1) is 0 Å². The van der Waals surface area contributed by atoms with E-state index in [4.69, 9.17) is 19.9 Å². The van der Waals surface area contributed by atoms with Crippen LogP contribution in [0, 0.1) is 0 Å². The second kappa shape index (κ2) is 16.6. The quantitative estimate of drug-likeness (QED) is 0.151. The van der Waals surface area contributed by atoms with E-state index in [1.54, 1.807) is 6.20 Å². The summed E-state index contributed by atoms with van der Waals surface area (Å²) in [6, 6.07) is 52.8. The zero-order valence-corrected chi connectivity index (χ0v) is 35.5. The molecule has 1 N–H and O–H groups in total. The van der Waals surface area contributed by atoms with Crippen molar-refractivity contribution in [3.8, 4) is 78.7 Å². The lowest BCUT2D eigenvalue weighted by atomic mass is 9.90. The molecular formula is C58H38N8. The minimum absolute atomic E-state index is 0.0785. The molecule has 0 saturated carbocycles. The number of pyridine rings is 7. The SMILES string of the molecule is C1=CNC(c2ccc(-c3ccc(-c4ccc(-c5ccc6c7ccc(-c8ccc(-c9ccc(-c%10ccc(-c%11ccccn%11)nc%10)nc9)nc8)cc7c7ccccc7c6c5)cn4)cn3)cn2)C=C1. The van der Waals surface area contributed by atoms with Crippen molar-refractivity contribution in [1.29, 1.82) is 0 Å². The van der Waals surface area contributed by atoms with E-state index in [9.17, 15) is 0 Å². The summed E-state index contributed by atoms with van der Waals surface area (Å²) in [5.74, 6) is 0. The van der Waals surface area contributed by atoms with Crippen LogP contribution in [0.25, 0.3) is 111 Å².